The molecule has 1 amide bonds. The Morgan fingerprint density at radius 2 is 1.73 bits per heavy atom. The molecule has 30 heavy (non-hydrogen) atoms. The van der Waals surface area contributed by atoms with E-state index in [1.807, 2.05) is 0 Å². The second-order valence-electron chi connectivity index (χ2n) is 7.01. The van der Waals surface area contributed by atoms with Crippen LogP contribution in [0, 0.1) is 5.82 Å². The molecule has 8 heteroatoms. The van der Waals surface area contributed by atoms with Gasteiger partial charge in [0.2, 0.25) is 5.91 Å². The lowest BCUT2D eigenvalue weighted by molar-refractivity contribution is -0.132. The van der Waals surface area contributed by atoms with Crippen molar-refractivity contribution in [3.8, 4) is 5.75 Å². The number of rotatable bonds is 8. The van der Waals surface area contributed by atoms with Gasteiger partial charge in [0, 0.05) is 13.0 Å². The van der Waals surface area contributed by atoms with Gasteiger partial charge in [0.15, 0.2) is 9.84 Å². The zero-order valence-corrected chi connectivity index (χ0v) is 17.2. The first-order chi connectivity index (χ1) is 14.3. The first-order valence-electron chi connectivity index (χ1n) is 9.33. The third-order valence-electron chi connectivity index (χ3n) is 4.72. The van der Waals surface area contributed by atoms with Crippen molar-refractivity contribution in [3.05, 3.63) is 84.1 Å². The molecule has 0 saturated carbocycles. The molecular weight excluding hydrogens is 409 g/mol. The van der Waals surface area contributed by atoms with E-state index in [-0.39, 0.29) is 36.1 Å². The van der Waals surface area contributed by atoms with Crippen LogP contribution in [0.5, 0.6) is 5.75 Å². The fourth-order valence-corrected chi connectivity index (χ4v) is 4.33. The van der Waals surface area contributed by atoms with Gasteiger partial charge in [-0.15, -0.1) is 0 Å². The smallest absolute Gasteiger partial charge is 0.224 e. The monoisotopic (exact) mass is 431 g/mol. The molecule has 2 aromatic carbocycles. The standard InChI is InChI=1S/C22H22FNO5S/c1-16(30(27,28)21-10-6-18(23)7-11-21)13-22(26)24(15-20-3-2-12-29-20)14-17-4-8-19(25)9-5-17/h2-12,16,25H,13-15H2,1H3. The second kappa shape index (κ2) is 9.13. The van der Waals surface area contributed by atoms with Crippen LogP contribution >= 0.6 is 0 Å². The van der Waals surface area contributed by atoms with Crippen LogP contribution in [0.3, 0.4) is 0 Å². The predicted octanol–water partition coefficient (Wildman–Crippen LogP) is 3.91. The Kier molecular flexibility index (Phi) is 6.56. The summed E-state index contributed by atoms with van der Waals surface area (Å²) < 4.78 is 44.0. The highest BCUT2D eigenvalue weighted by Crippen LogP contribution is 2.21. The summed E-state index contributed by atoms with van der Waals surface area (Å²) in [5.41, 5.74) is 0.779. The molecule has 1 heterocycles. The largest absolute Gasteiger partial charge is 0.508 e. The van der Waals surface area contributed by atoms with Gasteiger partial charge in [-0.3, -0.25) is 4.79 Å². The molecule has 0 aliphatic rings. The summed E-state index contributed by atoms with van der Waals surface area (Å²) in [4.78, 5) is 14.5. The number of furan rings is 1. The molecule has 0 aliphatic carbocycles. The van der Waals surface area contributed by atoms with Crippen LogP contribution in [0.25, 0.3) is 0 Å². The Morgan fingerprint density at radius 1 is 1.07 bits per heavy atom. The molecule has 3 aromatic rings. The Labute approximate surface area is 174 Å². The van der Waals surface area contributed by atoms with Gasteiger partial charge in [0.05, 0.1) is 23.0 Å². The second-order valence-corrected chi connectivity index (χ2v) is 9.38. The van der Waals surface area contributed by atoms with E-state index in [0.717, 1.165) is 17.7 Å². The molecular formula is C22H22FNO5S. The van der Waals surface area contributed by atoms with Crippen molar-refractivity contribution in [2.45, 2.75) is 36.6 Å². The summed E-state index contributed by atoms with van der Waals surface area (Å²) >= 11 is 0. The third kappa shape index (κ3) is 5.27. The van der Waals surface area contributed by atoms with E-state index in [1.165, 1.54) is 42.4 Å². The Bertz CT molecular complexity index is 1080. The minimum atomic E-state index is -3.80. The first kappa shape index (κ1) is 21.6. The average Bonchev–Trinajstić information content (AvgIpc) is 3.22. The van der Waals surface area contributed by atoms with E-state index in [1.54, 1.807) is 24.3 Å². The minimum absolute atomic E-state index is 0.0275. The quantitative estimate of drug-likeness (QED) is 0.547. The number of amides is 1. The molecule has 1 unspecified atom stereocenters. The van der Waals surface area contributed by atoms with Gasteiger partial charge in [0.25, 0.3) is 0 Å². The summed E-state index contributed by atoms with van der Waals surface area (Å²) in [5.74, 6) is -0.216. The van der Waals surface area contributed by atoms with Gasteiger partial charge in [-0.2, -0.15) is 0 Å². The number of aromatic hydroxyl groups is 1. The van der Waals surface area contributed by atoms with Crippen LogP contribution in [-0.2, 0) is 27.7 Å². The van der Waals surface area contributed by atoms with Gasteiger partial charge in [-0.05, 0) is 61.0 Å². The number of carbonyl (C=O) groups excluding carboxylic acids is 1. The number of benzene rings is 2. The van der Waals surface area contributed by atoms with E-state index in [2.05, 4.69) is 0 Å². The lowest BCUT2D eigenvalue weighted by Crippen LogP contribution is -2.34. The minimum Gasteiger partial charge on any atom is -0.508 e. The van der Waals surface area contributed by atoms with Gasteiger partial charge < -0.3 is 14.4 Å². The highest BCUT2D eigenvalue weighted by Gasteiger charge is 2.28. The Morgan fingerprint density at radius 3 is 2.33 bits per heavy atom. The van der Waals surface area contributed by atoms with E-state index < -0.39 is 20.9 Å². The van der Waals surface area contributed by atoms with Crippen LogP contribution < -0.4 is 0 Å². The molecule has 0 aliphatic heterocycles. The van der Waals surface area contributed by atoms with Crippen LogP contribution in [-0.4, -0.2) is 29.6 Å². The molecule has 3 rings (SSSR count). The average molecular weight is 431 g/mol. The van der Waals surface area contributed by atoms with Crippen molar-refractivity contribution in [1.29, 1.82) is 0 Å². The fourth-order valence-electron chi connectivity index (χ4n) is 2.99. The van der Waals surface area contributed by atoms with E-state index in [9.17, 15) is 22.7 Å². The van der Waals surface area contributed by atoms with E-state index >= 15 is 0 Å². The maximum Gasteiger partial charge on any atom is 0.224 e. The van der Waals surface area contributed by atoms with Gasteiger partial charge in [-0.25, -0.2) is 12.8 Å². The maximum absolute atomic E-state index is 13.1. The third-order valence-corrected chi connectivity index (χ3v) is 6.88. The summed E-state index contributed by atoms with van der Waals surface area (Å²) in [6.07, 6.45) is 1.26. The number of phenolic OH excluding ortho intramolecular Hbond substituents is 1. The highest BCUT2D eigenvalue weighted by molar-refractivity contribution is 7.92. The van der Waals surface area contributed by atoms with Crippen molar-refractivity contribution < 1.29 is 27.1 Å². The van der Waals surface area contributed by atoms with Crippen LogP contribution in [0.15, 0.2) is 76.2 Å². The number of nitrogens with zero attached hydrogens (tertiary/aromatic N) is 1. The molecule has 158 valence electrons. The van der Waals surface area contributed by atoms with Crippen molar-refractivity contribution >= 4 is 15.7 Å². The summed E-state index contributed by atoms with van der Waals surface area (Å²) in [6.45, 7) is 1.86. The summed E-state index contributed by atoms with van der Waals surface area (Å²) in [6, 6.07) is 14.4. The topological polar surface area (TPSA) is 87.8 Å². The number of hydrogen-bond acceptors (Lipinski definition) is 5. The molecule has 1 aromatic heterocycles. The van der Waals surface area contributed by atoms with Crippen molar-refractivity contribution in [2.75, 3.05) is 0 Å². The number of sulfone groups is 1. The Balaban J connectivity index is 1.77. The molecule has 0 radical (unpaired) electrons. The fraction of sp³-hybridized carbons (Fsp3) is 0.227. The van der Waals surface area contributed by atoms with E-state index in [0.29, 0.717) is 5.76 Å². The van der Waals surface area contributed by atoms with Crippen LogP contribution in [0.4, 0.5) is 4.39 Å². The molecule has 6 nitrogen and oxygen atoms in total. The number of phenols is 1. The zero-order valence-electron chi connectivity index (χ0n) is 16.4. The van der Waals surface area contributed by atoms with Crippen molar-refractivity contribution in [2.24, 2.45) is 0 Å². The molecule has 1 atom stereocenters. The Hall–Kier alpha value is -3.13. The first-order valence-corrected chi connectivity index (χ1v) is 10.9. The van der Waals surface area contributed by atoms with Gasteiger partial charge in [-0.1, -0.05) is 12.1 Å². The van der Waals surface area contributed by atoms with Crippen LogP contribution in [0.1, 0.15) is 24.7 Å². The molecule has 1 N–H and O–H groups in total. The zero-order chi connectivity index (χ0) is 21.7. The lowest BCUT2D eigenvalue weighted by atomic mass is 10.2. The summed E-state index contributed by atoms with van der Waals surface area (Å²) in [7, 11) is -3.80. The molecule has 0 spiro atoms. The van der Waals surface area contributed by atoms with Crippen LogP contribution in [0.2, 0.25) is 0 Å². The molecule has 0 bridgehead atoms. The SMILES string of the molecule is CC(CC(=O)N(Cc1ccc(O)cc1)Cc1ccco1)S(=O)(=O)c1ccc(F)cc1. The summed E-state index contributed by atoms with van der Waals surface area (Å²) in [5, 5.41) is 8.46. The number of carbonyl (C=O) groups is 1. The number of hydrogen-bond donors (Lipinski definition) is 1. The number of halogens is 1. The highest BCUT2D eigenvalue weighted by atomic mass is 32.2. The molecule has 0 saturated heterocycles. The molecule has 0 fully saturated rings. The lowest BCUT2D eigenvalue weighted by Gasteiger charge is -2.24. The maximum atomic E-state index is 13.1. The van der Waals surface area contributed by atoms with Crippen molar-refractivity contribution in [3.63, 3.8) is 0 Å². The van der Waals surface area contributed by atoms with Crippen molar-refractivity contribution in [1.82, 2.24) is 4.90 Å². The predicted molar refractivity (Wildman–Crippen MR) is 109 cm³/mol. The van der Waals surface area contributed by atoms with Gasteiger partial charge >= 0.3 is 0 Å². The normalized spacial score (nSPS) is 12.5. The van der Waals surface area contributed by atoms with Gasteiger partial charge in [0.1, 0.15) is 17.3 Å². The van der Waals surface area contributed by atoms with E-state index in [4.69, 9.17) is 4.42 Å².